The van der Waals surface area contributed by atoms with Crippen LogP contribution in [0.25, 0.3) is 0 Å². The number of carboxylic acid groups (broad SMARTS) is 2. The lowest BCUT2D eigenvalue weighted by molar-refractivity contribution is -0.160. The van der Waals surface area contributed by atoms with Gasteiger partial charge in [-0.05, 0) is 12.3 Å². The highest BCUT2D eigenvalue weighted by atomic mass is 32.3. The Morgan fingerprint density at radius 2 is 2.04 bits per heavy atom. The zero-order chi connectivity index (χ0) is 18.2. The van der Waals surface area contributed by atoms with Crippen LogP contribution in [0.1, 0.15) is 13.3 Å². The summed E-state index contributed by atoms with van der Waals surface area (Å²) in [5.41, 5.74) is -0.264. The van der Waals surface area contributed by atoms with Crippen molar-refractivity contribution in [2.75, 3.05) is 0 Å². The minimum Gasteiger partial charge on any atom is -0.478 e. The predicted octanol–water partition coefficient (Wildman–Crippen LogP) is 0.0527. The van der Waals surface area contributed by atoms with Gasteiger partial charge in [-0.1, -0.05) is 11.8 Å². The Balaban J connectivity index is 2.19. The Morgan fingerprint density at radius 1 is 1.42 bits per heavy atom. The number of rotatable bonds is 7. The quantitative estimate of drug-likeness (QED) is 0.313. The highest BCUT2D eigenvalue weighted by Crippen LogP contribution is 2.47. The largest absolute Gasteiger partial charge is 0.478 e. The van der Waals surface area contributed by atoms with Gasteiger partial charge in [0.2, 0.25) is 5.91 Å². The zero-order valence-electron chi connectivity index (χ0n) is 12.1. The summed E-state index contributed by atoms with van der Waals surface area (Å²) in [6, 6.07) is -0.624. The van der Waals surface area contributed by atoms with Gasteiger partial charge in [-0.25, -0.2) is 13.8 Å². The van der Waals surface area contributed by atoms with E-state index in [0.29, 0.717) is 0 Å². The molecule has 1 amide bonds. The molecule has 132 valence electrons. The van der Waals surface area contributed by atoms with Crippen molar-refractivity contribution in [1.29, 1.82) is 0 Å². The van der Waals surface area contributed by atoms with E-state index in [0.717, 1.165) is 22.7 Å². The molecule has 10 nitrogen and oxygen atoms in total. The number of carbonyl (C=O) groups is 3. The van der Waals surface area contributed by atoms with Crippen LogP contribution in [0.5, 0.6) is 0 Å². The van der Waals surface area contributed by atoms with Gasteiger partial charge in [-0.15, -0.1) is 0 Å². The fourth-order valence-electron chi connectivity index (χ4n) is 2.75. The molecule has 0 aromatic carbocycles. The monoisotopic (exact) mass is 379 g/mol. The normalized spacial score (nSPS) is 24.9. The first kappa shape index (κ1) is 18.4. The molecule has 0 radical (unpaired) electrons. The van der Waals surface area contributed by atoms with Gasteiger partial charge in [0.25, 0.3) is 0 Å². The summed E-state index contributed by atoms with van der Waals surface area (Å²) in [5, 5.41) is 19.0. The lowest BCUT2D eigenvalue weighted by Crippen LogP contribution is -2.62. The van der Waals surface area contributed by atoms with Crippen molar-refractivity contribution in [3.63, 3.8) is 0 Å². The van der Waals surface area contributed by atoms with Crippen LogP contribution in [0.2, 0.25) is 0 Å². The number of nitrogens with zero attached hydrogens (tertiary/aromatic N) is 1. The van der Waals surface area contributed by atoms with Gasteiger partial charge in [0, 0.05) is 17.4 Å². The number of hydrogen-bond acceptors (Lipinski definition) is 7. The summed E-state index contributed by atoms with van der Waals surface area (Å²) in [6.07, 6.45) is -0.218. The third-order valence-corrected chi connectivity index (χ3v) is 5.03. The molecule has 2 rings (SSSR count). The van der Waals surface area contributed by atoms with Crippen molar-refractivity contribution in [3.8, 4) is 0 Å². The fraction of sp³-hybridized carbons (Fsp3) is 0.417. The van der Waals surface area contributed by atoms with Crippen molar-refractivity contribution in [1.82, 2.24) is 4.90 Å². The van der Waals surface area contributed by atoms with Crippen molar-refractivity contribution in [2.24, 2.45) is 5.92 Å². The van der Waals surface area contributed by atoms with E-state index in [-0.39, 0.29) is 17.0 Å². The first-order chi connectivity index (χ1) is 11.0. The highest BCUT2D eigenvalue weighted by molar-refractivity contribution is 8.05. The molecule has 1 unspecified atom stereocenters. The molecular weight excluding hydrogens is 366 g/mol. The molecule has 12 heteroatoms. The maximum absolute atomic E-state index is 12.2. The number of hydrogen-bond donors (Lipinski definition) is 3. The second kappa shape index (κ2) is 6.55. The molecule has 0 spiro atoms. The highest BCUT2D eigenvalue weighted by Gasteiger charge is 2.57. The van der Waals surface area contributed by atoms with E-state index < -0.39 is 46.3 Å². The first-order valence-corrected chi connectivity index (χ1v) is 8.78. The lowest BCUT2D eigenvalue weighted by Gasteiger charge is -2.45. The van der Waals surface area contributed by atoms with Gasteiger partial charge in [-0.2, -0.15) is 8.42 Å². The smallest absolute Gasteiger partial charge is 0.397 e. The summed E-state index contributed by atoms with van der Waals surface area (Å²) < 4.78 is 34.6. The van der Waals surface area contributed by atoms with E-state index in [9.17, 15) is 27.9 Å². The van der Waals surface area contributed by atoms with Crippen LogP contribution in [0.15, 0.2) is 22.1 Å². The Hall–Kier alpha value is -1.89. The summed E-state index contributed by atoms with van der Waals surface area (Å²) in [4.78, 5) is 35.3. The van der Waals surface area contributed by atoms with E-state index in [1.807, 2.05) is 0 Å². The van der Waals surface area contributed by atoms with Crippen LogP contribution in [0, 0.1) is 5.92 Å². The van der Waals surface area contributed by atoms with Gasteiger partial charge < -0.3 is 15.1 Å². The predicted molar refractivity (Wildman–Crippen MR) is 79.9 cm³/mol. The van der Waals surface area contributed by atoms with E-state index in [2.05, 4.69) is 4.18 Å². The second-order valence-corrected chi connectivity index (χ2v) is 7.12. The topological polar surface area (TPSA) is 159 Å². The van der Waals surface area contributed by atoms with Crippen LogP contribution in [-0.4, -0.2) is 58.1 Å². The van der Waals surface area contributed by atoms with Crippen molar-refractivity contribution < 1.29 is 41.8 Å². The van der Waals surface area contributed by atoms with E-state index >= 15 is 0 Å². The molecule has 1 fully saturated rings. The first-order valence-electron chi connectivity index (χ1n) is 6.54. The van der Waals surface area contributed by atoms with Gasteiger partial charge in [-0.3, -0.25) is 9.35 Å². The number of carboxylic acids is 2. The summed E-state index contributed by atoms with van der Waals surface area (Å²) in [6.45, 7) is 1.28. The third-order valence-electron chi connectivity index (χ3n) is 3.57. The summed E-state index contributed by atoms with van der Waals surface area (Å²) in [5.74, 6) is -4.11. The average molecular weight is 379 g/mol. The Bertz CT molecular complexity index is 754. The van der Waals surface area contributed by atoms with E-state index in [1.54, 1.807) is 0 Å². The molecule has 0 aliphatic carbocycles. The van der Waals surface area contributed by atoms with E-state index in [1.165, 1.54) is 12.3 Å². The Morgan fingerprint density at radius 3 is 2.54 bits per heavy atom. The van der Waals surface area contributed by atoms with Gasteiger partial charge in [0.1, 0.15) is 5.70 Å². The summed E-state index contributed by atoms with van der Waals surface area (Å²) in [7, 11) is -4.75. The SMILES string of the molecule is CC(OS(=O)(=O)O)[C@@H]1C(=O)N2C(C(=O)O)=C(SC=CC(=O)O)C[C@H]12. The van der Waals surface area contributed by atoms with Gasteiger partial charge in [0.15, 0.2) is 0 Å². The minimum atomic E-state index is -4.75. The van der Waals surface area contributed by atoms with Crippen molar-refractivity contribution in [2.45, 2.75) is 25.5 Å². The van der Waals surface area contributed by atoms with Crippen LogP contribution >= 0.6 is 11.8 Å². The molecule has 2 aliphatic heterocycles. The molecule has 2 aliphatic rings. The molecule has 0 aromatic heterocycles. The molecule has 0 saturated carbocycles. The number of fused-ring (bicyclic) bond motifs is 1. The number of β-lactam (4-membered cyclic amide) rings is 1. The molecular formula is C12H13NO9S2. The number of amides is 1. The average Bonchev–Trinajstić information content (AvgIpc) is 2.71. The second-order valence-electron chi connectivity index (χ2n) is 5.07. The molecule has 1 saturated heterocycles. The molecule has 24 heavy (non-hydrogen) atoms. The number of thioether (sulfide) groups is 1. The van der Waals surface area contributed by atoms with Crippen LogP contribution in [0.4, 0.5) is 0 Å². The molecule has 3 N–H and O–H groups in total. The summed E-state index contributed by atoms with van der Waals surface area (Å²) >= 11 is 0.860. The molecule has 2 heterocycles. The molecule has 0 aromatic rings. The minimum absolute atomic E-state index is 0.117. The van der Waals surface area contributed by atoms with Crippen molar-refractivity contribution in [3.05, 3.63) is 22.1 Å². The van der Waals surface area contributed by atoms with Crippen LogP contribution < -0.4 is 0 Å². The van der Waals surface area contributed by atoms with Gasteiger partial charge in [0.05, 0.1) is 18.1 Å². The standard InChI is InChI=1S/C12H13NO9S2/c1-5(22-24(19,20)21)9-6-4-7(23-3-2-8(14)15)10(12(17)18)13(6)11(9)16/h2-3,5-6,9H,4H2,1H3,(H,14,15)(H,17,18)(H,19,20,21)/t5?,6-,9+/m1/s1. The molecule has 3 atom stereocenters. The maximum Gasteiger partial charge on any atom is 0.397 e. The van der Waals surface area contributed by atoms with E-state index in [4.69, 9.17) is 9.66 Å². The maximum atomic E-state index is 12.2. The van der Waals surface area contributed by atoms with Crippen LogP contribution in [0.3, 0.4) is 0 Å². The lowest BCUT2D eigenvalue weighted by atomic mass is 9.83. The Labute approximate surface area is 140 Å². The van der Waals surface area contributed by atoms with Crippen LogP contribution in [-0.2, 0) is 29.0 Å². The van der Waals surface area contributed by atoms with Gasteiger partial charge >= 0.3 is 22.3 Å². The molecule has 0 bridgehead atoms. The van der Waals surface area contributed by atoms with Crippen molar-refractivity contribution >= 4 is 40.0 Å². The third kappa shape index (κ3) is 3.61. The Kier molecular flexibility index (Phi) is 5.03. The number of aliphatic carboxylic acids is 2. The number of carbonyl (C=O) groups excluding carboxylic acids is 1. The zero-order valence-corrected chi connectivity index (χ0v) is 13.8. The fourth-order valence-corrected chi connectivity index (χ4v) is 4.16.